The summed E-state index contributed by atoms with van der Waals surface area (Å²) in [5.74, 6) is -1.94. The van der Waals surface area contributed by atoms with Gasteiger partial charge in [0.15, 0.2) is 0 Å². The molecule has 21 heavy (non-hydrogen) atoms. The third kappa shape index (κ3) is 6.07. The van der Waals surface area contributed by atoms with Crippen LogP contribution in [0.3, 0.4) is 0 Å². The first-order chi connectivity index (χ1) is 10.0. The summed E-state index contributed by atoms with van der Waals surface area (Å²) < 4.78 is 0. The van der Waals surface area contributed by atoms with Gasteiger partial charge in [0, 0.05) is 5.56 Å². The zero-order valence-corrected chi connectivity index (χ0v) is 12.0. The van der Waals surface area contributed by atoms with Crippen LogP contribution in [0.25, 0.3) is 0 Å². The first-order valence-corrected chi connectivity index (χ1v) is 6.90. The minimum atomic E-state index is -1.06. The van der Waals surface area contributed by atoms with E-state index in [2.05, 4.69) is 10.6 Å². The van der Waals surface area contributed by atoms with E-state index in [-0.39, 0.29) is 12.5 Å². The summed E-state index contributed by atoms with van der Waals surface area (Å²) in [6.45, 7) is 1.70. The molecule has 1 atom stereocenters. The summed E-state index contributed by atoms with van der Waals surface area (Å²) in [5.41, 5.74) is 0.450. The van der Waals surface area contributed by atoms with Crippen molar-refractivity contribution < 1.29 is 19.5 Å². The fraction of sp³-hybridized carbons (Fsp3) is 0.400. The Labute approximate surface area is 123 Å². The minimum Gasteiger partial charge on any atom is -0.480 e. The molecule has 0 saturated heterocycles. The number of aliphatic carboxylic acids is 1. The van der Waals surface area contributed by atoms with Crippen molar-refractivity contribution in [2.75, 3.05) is 6.54 Å². The highest BCUT2D eigenvalue weighted by Gasteiger charge is 2.19. The van der Waals surface area contributed by atoms with Crippen LogP contribution >= 0.6 is 0 Å². The van der Waals surface area contributed by atoms with E-state index in [0.717, 1.165) is 6.42 Å². The molecule has 0 aliphatic rings. The molecule has 1 aromatic rings. The Morgan fingerprint density at radius 1 is 1.19 bits per heavy atom. The molecular formula is C15H20N2O4. The third-order valence-electron chi connectivity index (χ3n) is 2.93. The maximum atomic E-state index is 11.7. The molecule has 2 amide bonds. The fourth-order valence-electron chi connectivity index (χ4n) is 1.76. The molecule has 0 saturated carbocycles. The molecule has 6 heteroatoms. The second-order valence-electron chi connectivity index (χ2n) is 4.65. The van der Waals surface area contributed by atoms with Crippen LogP contribution in [0.2, 0.25) is 0 Å². The van der Waals surface area contributed by atoms with Gasteiger partial charge in [0.2, 0.25) is 5.91 Å². The van der Waals surface area contributed by atoms with E-state index in [1.807, 2.05) is 6.92 Å². The lowest BCUT2D eigenvalue weighted by atomic mass is 10.1. The summed E-state index contributed by atoms with van der Waals surface area (Å²) in [4.78, 5) is 34.4. The van der Waals surface area contributed by atoms with E-state index in [0.29, 0.717) is 18.4 Å². The predicted octanol–water partition coefficient (Wildman–Crippen LogP) is 1.18. The highest BCUT2D eigenvalue weighted by molar-refractivity contribution is 5.96. The van der Waals surface area contributed by atoms with Gasteiger partial charge in [-0.1, -0.05) is 38.0 Å². The largest absolute Gasteiger partial charge is 0.480 e. The first kappa shape index (κ1) is 16.7. The number of amides is 2. The maximum absolute atomic E-state index is 11.7. The second kappa shape index (κ2) is 8.73. The van der Waals surface area contributed by atoms with Gasteiger partial charge in [-0.15, -0.1) is 0 Å². The molecule has 6 nitrogen and oxygen atoms in total. The van der Waals surface area contributed by atoms with Crippen LogP contribution in [-0.2, 0) is 9.59 Å². The van der Waals surface area contributed by atoms with Crippen LogP contribution < -0.4 is 10.6 Å². The Morgan fingerprint density at radius 2 is 1.86 bits per heavy atom. The number of benzene rings is 1. The molecule has 0 bridgehead atoms. The van der Waals surface area contributed by atoms with Crippen LogP contribution in [0, 0.1) is 0 Å². The van der Waals surface area contributed by atoms with E-state index in [1.54, 1.807) is 30.3 Å². The molecule has 114 valence electrons. The molecule has 0 radical (unpaired) electrons. The lowest BCUT2D eigenvalue weighted by Crippen LogP contribution is -2.45. The van der Waals surface area contributed by atoms with Crippen molar-refractivity contribution in [1.29, 1.82) is 0 Å². The standard InChI is InChI=1S/C15H20N2O4/c1-2-3-9-12(15(20)21)17-13(18)10-16-14(19)11-7-5-4-6-8-11/h4-8,12H,2-3,9-10H2,1H3,(H,16,19)(H,17,18)(H,20,21)/t12-/m0/s1. The number of nitrogens with one attached hydrogen (secondary N) is 2. The van der Waals surface area contributed by atoms with Gasteiger partial charge >= 0.3 is 5.97 Å². The quantitative estimate of drug-likeness (QED) is 0.670. The lowest BCUT2D eigenvalue weighted by molar-refractivity contribution is -0.141. The molecule has 0 aromatic heterocycles. The van der Waals surface area contributed by atoms with Crippen molar-refractivity contribution >= 4 is 17.8 Å². The van der Waals surface area contributed by atoms with Gasteiger partial charge in [-0.3, -0.25) is 9.59 Å². The molecule has 0 heterocycles. The highest BCUT2D eigenvalue weighted by Crippen LogP contribution is 2.01. The monoisotopic (exact) mass is 292 g/mol. The zero-order chi connectivity index (χ0) is 15.7. The average molecular weight is 292 g/mol. The average Bonchev–Trinajstić information content (AvgIpc) is 2.49. The van der Waals surface area contributed by atoms with E-state index >= 15 is 0 Å². The van der Waals surface area contributed by atoms with Crippen LogP contribution in [0.4, 0.5) is 0 Å². The maximum Gasteiger partial charge on any atom is 0.326 e. The molecule has 0 aliphatic carbocycles. The van der Waals surface area contributed by atoms with Gasteiger partial charge in [0.25, 0.3) is 5.91 Å². The number of carboxylic acids is 1. The Morgan fingerprint density at radius 3 is 2.43 bits per heavy atom. The highest BCUT2D eigenvalue weighted by atomic mass is 16.4. The van der Waals surface area contributed by atoms with E-state index in [1.165, 1.54) is 0 Å². The Kier molecular flexibility index (Phi) is 6.94. The summed E-state index contributed by atoms with van der Waals surface area (Å²) in [6, 6.07) is 7.59. The summed E-state index contributed by atoms with van der Waals surface area (Å²) in [5, 5.41) is 13.9. The van der Waals surface area contributed by atoms with E-state index < -0.39 is 17.9 Å². The number of hydrogen-bond acceptors (Lipinski definition) is 3. The minimum absolute atomic E-state index is 0.246. The molecule has 1 aromatic carbocycles. The van der Waals surface area contributed by atoms with Crippen molar-refractivity contribution in [2.45, 2.75) is 32.2 Å². The Balaban J connectivity index is 2.42. The molecule has 0 fully saturated rings. The SMILES string of the molecule is CCCC[C@H](NC(=O)CNC(=O)c1ccccc1)C(=O)O. The van der Waals surface area contributed by atoms with Crippen LogP contribution in [0.5, 0.6) is 0 Å². The number of unbranched alkanes of at least 4 members (excludes halogenated alkanes) is 1. The normalized spacial score (nSPS) is 11.5. The molecule has 0 spiro atoms. The van der Waals surface area contributed by atoms with Crippen molar-refractivity contribution in [3.8, 4) is 0 Å². The van der Waals surface area contributed by atoms with Gasteiger partial charge in [-0.05, 0) is 18.6 Å². The predicted molar refractivity (Wildman–Crippen MR) is 77.9 cm³/mol. The van der Waals surface area contributed by atoms with Gasteiger partial charge in [-0.2, -0.15) is 0 Å². The van der Waals surface area contributed by atoms with Crippen LogP contribution in [-0.4, -0.2) is 35.5 Å². The van der Waals surface area contributed by atoms with E-state index in [4.69, 9.17) is 5.11 Å². The van der Waals surface area contributed by atoms with E-state index in [9.17, 15) is 14.4 Å². The van der Waals surface area contributed by atoms with Crippen molar-refractivity contribution in [3.63, 3.8) is 0 Å². The lowest BCUT2D eigenvalue weighted by Gasteiger charge is -2.14. The topological polar surface area (TPSA) is 95.5 Å². The molecule has 0 aliphatic heterocycles. The number of hydrogen-bond donors (Lipinski definition) is 3. The number of rotatable bonds is 8. The molecule has 0 unspecified atom stereocenters. The summed E-state index contributed by atoms with van der Waals surface area (Å²) >= 11 is 0. The number of carbonyl (C=O) groups excluding carboxylic acids is 2. The van der Waals surface area contributed by atoms with Crippen molar-refractivity contribution in [2.24, 2.45) is 0 Å². The third-order valence-corrected chi connectivity index (χ3v) is 2.93. The second-order valence-corrected chi connectivity index (χ2v) is 4.65. The molecular weight excluding hydrogens is 272 g/mol. The smallest absolute Gasteiger partial charge is 0.326 e. The number of carboxylic acid groups (broad SMARTS) is 1. The van der Waals surface area contributed by atoms with Gasteiger partial charge in [0.05, 0.1) is 6.54 Å². The molecule has 1 rings (SSSR count). The van der Waals surface area contributed by atoms with Crippen LogP contribution in [0.15, 0.2) is 30.3 Å². The van der Waals surface area contributed by atoms with Crippen molar-refractivity contribution in [1.82, 2.24) is 10.6 Å². The van der Waals surface area contributed by atoms with Gasteiger partial charge < -0.3 is 15.7 Å². The van der Waals surface area contributed by atoms with Crippen molar-refractivity contribution in [3.05, 3.63) is 35.9 Å². The van der Waals surface area contributed by atoms with Crippen LogP contribution in [0.1, 0.15) is 36.5 Å². The number of carbonyl (C=O) groups is 3. The zero-order valence-electron chi connectivity index (χ0n) is 12.0. The van der Waals surface area contributed by atoms with Gasteiger partial charge in [0.1, 0.15) is 6.04 Å². The Hall–Kier alpha value is -2.37. The summed E-state index contributed by atoms with van der Waals surface area (Å²) in [7, 11) is 0. The Bertz CT molecular complexity index is 488. The fourth-order valence-corrected chi connectivity index (χ4v) is 1.76. The first-order valence-electron chi connectivity index (χ1n) is 6.90. The van der Waals surface area contributed by atoms with Gasteiger partial charge in [-0.25, -0.2) is 4.79 Å². The summed E-state index contributed by atoms with van der Waals surface area (Å²) in [6.07, 6.45) is 1.95. The molecule has 3 N–H and O–H groups in total.